The summed E-state index contributed by atoms with van der Waals surface area (Å²) in [6.45, 7) is 0. The molecule has 98 valence electrons. The molecule has 0 amide bonds. The van der Waals surface area contributed by atoms with Gasteiger partial charge in [0.15, 0.2) is 0 Å². The topological polar surface area (TPSA) is 39.2 Å². The molecule has 0 bridgehead atoms. The lowest BCUT2D eigenvalue weighted by Gasteiger charge is -2.01. The molecule has 0 unspecified atom stereocenters. The molecule has 0 atom stereocenters. The third-order valence-corrected chi connectivity index (χ3v) is 3.37. The van der Waals surface area contributed by atoms with Gasteiger partial charge in [0.1, 0.15) is 5.76 Å². The van der Waals surface area contributed by atoms with Crippen LogP contribution in [0.3, 0.4) is 0 Å². The van der Waals surface area contributed by atoms with Crippen LogP contribution in [0.4, 0.5) is 0 Å². The largest absolute Gasteiger partial charge is 0.422 e. The van der Waals surface area contributed by atoms with E-state index in [9.17, 15) is 4.79 Å². The lowest BCUT2D eigenvalue weighted by molar-refractivity contribution is -0.130. The van der Waals surface area contributed by atoms with Crippen LogP contribution in [0, 0.1) is 0 Å². The standard InChI is InChI=1S/C16H10BrNO2/c17-13-6-4-11(5-7-13)15-10-12(16(19)20-15)9-14-3-1-2-8-18-14/h1-10H/b12-9-. The van der Waals surface area contributed by atoms with Gasteiger partial charge in [-0.3, -0.25) is 4.98 Å². The Morgan fingerprint density at radius 3 is 2.60 bits per heavy atom. The molecule has 0 saturated carbocycles. The van der Waals surface area contributed by atoms with E-state index < -0.39 is 0 Å². The quantitative estimate of drug-likeness (QED) is 0.621. The molecule has 1 aromatic heterocycles. The van der Waals surface area contributed by atoms with Gasteiger partial charge >= 0.3 is 5.97 Å². The summed E-state index contributed by atoms with van der Waals surface area (Å²) in [5.74, 6) is 0.207. The van der Waals surface area contributed by atoms with Gasteiger partial charge < -0.3 is 4.74 Å². The summed E-state index contributed by atoms with van der Waals surface area (Å²) in [5, 5.41) is 0. The van der Waals surface area contributed by atoms with Crippen molar-refractivity contribution >= 4 is 33.7 Å². The first-order chi connectivity index (χ1) is 9.72. The van der Waals surface area contributed by atoms with Gasteiger partial charge in [-0.1, -0.05) is 34.1 Å². The smallest absolute Gasteiger partial charge is 0.343 e. The van der Waals surface area contributed by atoms with E-state index in [1.807, 2.05) is 42.5 Å². The zero-order valence-electron chi connectivity index (χ0n) is 10.4. The Kier molecular flexibility index (Phi) is 3.48. The molecule has 2 aromatic rings. The number of hydrogen-bond acceptors (Lipinski definition) is 3. The average molecular weight is 328 g/mol. The van der Waals surface area contributed by atoms with Crippen LogP contribution in [0.2, 0.25) is 0 Å². The van der Waals surface area contributed by atoms with Crippen LogP contribution in [0.25, 0.3) is 11.8 Å². The van der Waals surface area contributed by atoms with E-state index in [1.54, 1.807) is 18.3 Å². The molecule has 0 N–H and O–H groups in total. The van der Waals surface area contributed by atoms with Gasteiger partial charge in [0.05, 0.1) is 11.3 Å². The zero-order chi connectivity index (χ0) is 13.9. The molecule has 1 aromatic carbocycles. The van der Waals surface area contributed by atoms with Crippen LogP contribution in [-0.4, -0.2) is 11.0 Å². The van der Waals surface area contributed by atoms with Crippen molar-refractivity contribution in [1.29, 1.82) is 0 Å². The minimum atomic E-state index is -0.353. The van der Waals surface area contributed by atoms with E-state index in [4.69, 9.17) is 4.74 Å². The monoisotopic (exact) mass is 327 g/mol. The molecule has 0 saturated heterocycles. The van der Waals surface area contributed by atoms with E-state index in [0.29, 0.717) is 11.3 Å². The molecule has 4 heteroatoms. The maximum atomic E-state index is 11.8. The van der Waals surface area contributed by atoms with Crippen LogP contribution in [-0.2, 0) is 9.53 Å². The molecule has 2 heterocycles. The third-order valence-electron chi connectivity index (χ3n) is 2.84. The SMILES string of the molecule is O=C1OC(c2ccc(Br)cc2)=C/C1=C/c1ccccn1. The van der Waals surface area contributed by atoms with Gasteiger partial charge in [-0.15, -0.1) is 0 Å². The fraction of sp³-hybridized carbons (Fsp3) is 0. The van der Waals surface area contributed by atoms with E-state index in [0.717, 1.165) is 15.7 Å². The van der Waals surface area contributed by atoms with E-state index >= 15 is 0 Å². The first-order valence-electron chi connectivity index (χ1n) is 6.05. The Labute approximate surface area is 124 Å². The lowest BCUT2D eigenvalue weighted by atomic mass is 10.1. The van der Waals surface area contributed by atoms with E-state index in [-0.39, 0.29) is 5.97 Å². The summed E-state index contributed by atoms with van der Waals surface area (Å²) >= 11 is 3.38. The van der Waals surface area contributed by atoms with Crippen LogP contribution >= 0.6 is 15.9 Å². The van der Waals surface area contributed by atoms with Crippen molar-refractivity contribution in [2.24, 2.45) is 0 Å². The molecule has 0 spiro atoms. The first kappa shape index (κ1) is 12.8. The van der Waals surface area contributed by atoms with Gasteiger partial charge in [0, 0.05) is 16.2 Å². The molecule has 3 nitrogen and oxygen atoms in total. The third kappa shape index (κ3) is 2.70. The van der Waals surface area contributed by atoms with Gasteiger partial charge in [0.25, 0.3) is 0 Å². The predicted molar refractivity (Wildman–Crippen MR) is 80.4 cm³/mol. The maximum Gasteiger partial charge on any atom is 0.343 e. The Morgan fingerprint density at radius 2 is 1.90 bits per heavy atom. The van der Waals surface area contributed by atoms with Gasteiger partial charge in [-0.2, -0.15) is 0 Å². The minimum absolute atomic E-state index is 0.353. The number of aromatic nitrogens is 1. The van der Waals surface area contributed by atoms with Crippen molar-refractivity contribution in [2.75, 3.05) is 0 Å². The average Bonchev–Trinajstić information content (AvgIpc) is 2.82. The number of cyclic esters (lactones) is 1. The molecular weight excluding hydrogens is 318 g/mol. The molecule has 3 rings (SSSR count). The Bertz CT molecular complexity index is 703. The first-order valence-corrected chi connectivity index (χ1v) is 6.84. The second-order valence-electron chi connectivity index (χ2n) is 4.26. The molecule has 0 radical (unpaired) electrons. The van der Waals surface area contributed by atoms with Crippen LogP contribution in [0.1, 0.15) is 11.3 Å². The van der Waals surface area contributed by atoms with Crippen molar-refractivity contribution in [3.8, 4) is 0 Å². The number of nitrogens with zero attached hydrogens (tertiary/aromatic N) is 1. The molecule has 1 aliphatic heterocycles. The second-order valence-corrected chi connectivity index (χ2v) is 5.17. The van der Waals surface area contributed by atoms with Crippen molar-refractivity contribution in [2.45, 2.75) is 0 Å². The Balaban J connectivity index is 1.93. The summed E-state index contributed by atoms with van der Waals surface area (Å²) in [4.78, 5) is 16.0. The van der Waals surface area contributed by atoms with Gasteiger partial charge in [-0.25, -0.2) is 4.79 Å². The zero-order valence-corrected chi connectivity index (χ0v) is 12.0. The number of esters is 1. The van der Waals surface area contributed by atoms with Crippen LogP contribution in [0.15, 0.2) is 64.8 Å². The number of ether oxygens (including phenoxy) is 1. The molecule has 20 heavy (non-hydrogen) atoms. The number of carbonyl (C=O) groups is 1. The highest BCUT2D eigenvalue weighted by Crippen LogP contribution is 2.27. The highest BCUT2D eigenvalue weighted by atomic mass is 79.9. The summed E-state index contributed by atoms with van der Waals surface area (Å²) in [5.41, 5.74) is 2.10. The van der Waals surface area contributed by atoms with Crippen molar-refractivity contribution in [1.82, 2.24) is 4.98 Å². The highest BCUT2D eigenvalue weighted by molar-refractivity contribution is 9.10. The molecule has 0 aliphatic carbocycles. The van der Waals surface area contributed by atoms with Gasteiger partial charge in [-0.05, 0) is 36.4 Å². The Morgan fingerprint density at radius 1 is 1.10 bits per heavy atom. The van der Waals surface area contributed by atoms with Crippen molar-refractivity contribution in [3.05, 3.63) is 76.0 Å². The molecule has 1 aliphatic rings. The highest BCUT2D eigenvalue weighted by Gasteiger charge is 2.21. The number of rotatable bonds is 2. The fourth-order valence-corrected chi connectivity index (χ4v) is 2.13. The number of halogens is 1. The van der Waals surface area contributed by atoms with Gasteiger partial charge in [0.2, 0.25) is 0 Å². The molecular formula is C16H10BrNO2. The minimum Gasteiger partial charge on any atom is -0.422 e. The van der Waals surface area contributed by atoms with Crippen molar-refractivity contribution in [3.63, 3.8) is 0 Å². The predicted octanol–water partition coefficient (Wildman–Crippen LogP) is 3.83. The summed E-state index contributed by atoms with van der Waals surface area (Å²) < 4.78 is 6.26. The molecule has 0 fully saturated rings. The Hall–Kier alpha value is -2.20. The number of hydrogen-bond donors (Lipinski definition) is 0. The number of carbonyl (C=O) groups excluding carboxylic acids is 1. The summed E-state index contributed by atoms with van der Waals surface area (Å²) in [6, 6.07) is 13.2. The number of benzene rings is 1. The normalized spacial score (nSPS) is 16.1. The van der Waals surface area contributed by atoms with Crippen molar-refractivity contribution < 1.29 is 9.53 Å². The summed E-state index contributed by atoms with van der Waals surface area (Å²) in [6.07, 6.45) is 5.14. The summed E-state index contributed by atoms with van der Waals surface area (Å²) in [7, 11) is 0. The van der Waals surface area contributed by atoms with E-state index in [2.05, 4.69) is 20.9 Å². The van der Waals surface area contributed by atoms with Crippen LogP contribution < -0.4 is 0 Å². The lowest BCUT2D eigenvalue weighted by Crippen LogP contribution is -1.97. The second kappa shape index (κ2) is 5.43. The van der Waals surface area contributed by atoms with E-state index in [1.165, 1.54) is 0 Å². The number of pyridine rings is 1. The maximum absolute atomic E-state index is 11.8. The van der Waals surface area contributed by atoms with Crippen LogP contribution in [0.5, 0.6) is 0 Å². The fourth-order valence-electron chi connectivity index (χ4n) is 1.87.